The molecule has 123 heavy (non-hydrogen) atoms. The van der Waals surface area contributed by atoms with Gasteiger partial charge in [-0.15, -0.1) is 0 Å². The molecule has 2 nitrogen and oxygen atoms in total. The summed E-state index contributed by atoms with van der Waals surface area (Å²) in [5.41, 5.74) is 10.9. The Morgan fingerprint density at radius 3 is 0.756 bits per heavy atom. The largest absolute Gasteiger partial charge is 0.310 e. The molecule has 0 fully saturated rings. The van der Waals surface area contributed by atoms with Crippen LogP contribution in [0.25, 0.3) is 67.8 Å². The van der Waals surface area contributed by atoms with Crippen LogP contribution in [0.2, 0.25) is 0 Å². The summed E-state index contributed by atoms with van der Waals surface area (Å²) in [6.45, 7) is 20.9. The minimum atomic E-state index is -2.29. The second kappa shape index (κ2) is 29.7. The molecule has 16 aromatic carbocycles. The van der Waals surface area contributed by atoms with Gasteiger partial charge in [-0.1, -0.05) is 322 Å². The van der Waals surface area contributed by atoms with Gasteiger partial charge in [0.25, 0.3) is 0 Å². The molecule has 0 saturated carbocycles. The Morgan fingerprint density at radius 2 is 0.463 bits per heavy atom. The van der Waals surface area contributed by atoms with Crippen LogP contribution in [0.5, 0.6) is 0 Å². The van der Waals surface area contributed by atoms with Gasteiger partial charge in [-0.25, -0.2) is 43.9 Å². The predicted octanol–water partition coefficient (Wildman–Crippen LogP) is 30.3. The standard InChI is InChI=1S/C111H78F10N2/c1-9-65-29-37-75(38-30-65)110(95-97(112)101(116)105(120)102(117)98(95)113)89-27-19-17-25-83(89)85-57-53-81(63-93(85)110)122(77-49-33-69(34-50-77)67-21-13-11-14-22-67)79-55-59-87-88-60-56-80(62-92(88)109(91(87)61-79,73-45-41-71(42-46-73)107(3,4)5)74-47-43-72(44-48-74)108(6,7)8)123(78-51-35-70(36-52-78)68-23-15-12-16-24-68)82-54-58-86-84-26-18-20-28-90(84)111(94(86)64-82,76-39-31-66(10-2)32-40-76)96-99(114)103(118)106(121)104(119)100(96)115/h9-64H,1-2H2,3-8H3. The van der Waals surface area contributed by atoms with Crippen molar-refractivity contribution in [3.63, 3.8) is 0 Å². The molecule has 3 aliphatic rings. The van der Waals surface area contributed by atoms with Crippen molar-refractivity contribution < 1.29 is 43.9 Å². The number of benzene rings is 16. The minimum absolute atomic E-state index is 0.226. The summed E-state index contributed by atoms with van der Waals surface area (Å²) < 4.78 is 168. The first-order valence-electron chi connectivity index (χ1n) is 40.7. The van der Waals surface area contributed by atoms with Gasteiger partial charge in [0.05, 0.1) is 16.2 Å². The van der Waals surface area contributed by atoms with Crippen molar-refractivity contribution in [2.75, 3.05) is 9.80 Å². The van der Waals surface area contributed by atoms with Crippen molar-refractivity contribution in [1.29, 1.82) is 0 Å². The fourth-order valence-corrected chi connectivity index (χ4v) is 19.4. The highest BCUT2D eigenvalue weighted by Gasteiger charge is 2.55. The summed E-state index contributed by atoms with van der Waals surface area (Å²) in [6, 6.07) is 104. The van der Waals surface area contributed by atoms with Gasteiger partial charge in [0.2, 0.25) is 11.6 Å². The van der Waals surface area contributed by atoms with E-state index in [9.17, 15) is 0 Å². The first-order valence-corrected chi connectivity index (χ1v) is 40.7. The van der Waals surface area contributed by atoms with E-state index >= 15 is 43.9 Å². The summed E-state index contributed by atoms with van der Waals surface area (Å²) in [6.07, 6.45) is 3.20. The van der Waals surface area contributed by atoms with Crippen LogP contribution in [0, 0.1) is 58.2 Å². The Kier molecular flexibility index (Phi) is 19.0. The Morgan fingerprint density at radius 1 is 0.228 bits per heavy atom. The Balaban J connectivity index is 0.888. The first-order chi connectivity index (χ1) is 59.3. The molecule has 2 unspecified atom stereocenters. The molecule has 0 aliphatic heterocycles. The van der Waals surface area contributed by atoms with E-state index in [1.165, 1.54) is 0 Å². The van der Waals surface area contributed by atoms with E-state index in [0.717, 1.165) is 66.8 Å². The quantitative estimate of drug-likeness (QED) is 0.0540. The van der Waals surface area contributed by atoms with Crippen molar-refractivity contribution in [1.82, 2.24) is 0 Å². The topological polar surface area (TPSA) is 6.48 Å². The monoisotopic (exact) mass is 1630 g/mol. The number of hydrogen-bond donors (Lipinski definition) is 0. The number of hydrogen-bond acceptors (Lipinski definition) is 2. The zero-order valence-electron chi connectivity index (χ0n) is 67.9. The molecular weight excluding hydrogens is 1550 g/mol. The molecule has 16 aromatic rings. The Hall–Kier alpha value is -14.1. The summed E-state index contributed by atoms with van der Waals surface area (Å²) >= 11 is 0. The van der Waals surface area contributed by atoms with Crippen LogP contribution in [-0.2, 0) is 27.1 Å². The van der Waals surface area contributed by atoms with Gasteiger partial charge in [-0.3, -0.25) is 0 Å². The third-order valence-corrected chi connectivity index (χ3v) is 25.4. The van der Waals surface area contributed by atoms with Crippen LogP contribution in [0.1, 0.15) is 131 Å². The maximum absolute atomic E-state index is 17.7. The van der Waals surface area contributed by atoms with Crippen molar-refractivity contribution in [3.8, 4) is 55.6 Å². The summed E-state index contributed by atoms with van der Waals surface area (Å²) in [7, 11) is 0. The van der Waals surface area contributed by atoms with Crippen molar-refractivity contribution in [2.24, 2.45) is 0 Å². The van der Waals surface area contributed by atoms with E-state index in [1.54, 1.807) is 109 Å². The molecule has 12 heteroatoms. The van der Waals surface area contributed by atoms with Crippen molar-refractivity contribution >= 4 is 46.3 Å². The third-order valence-electron chi connectivity index (χ3n) is 25.4. The van der Waals surface area contributed by atoms with Gasteiger partial charge in [0, 0.05) is 45.3 Å². The van der Waals surface area contributed by atoms with E-state index in [1.807, 2.05) is 158 Å². The van der Waals surface area contributed by atoms with Crippen LogP contribution in [0.15, 0.2) is 341 Å². The van der Waals surface area contributed by atoms with E-state index in [-0.39, 0.29) is 44.2 Å². The number of rotatable bonds is 16. The molecule has 0 bridgehead atoms. The van der Waals surface area contributed by atoms with E-state index in [0.29, 0.717) is 67.5 Å². The molecule has 0 aromatic heterocycles. The van der Waals surface area contributed by atoms with Crippen LogP contribution < -0.4 is 9.80 Å². The van der Waals surface area contributed by atoms with Crippen molar-refractivity contribution in [2.45, 2.75) is 68.6 Å². The van der Waals surface area contributed by atoms with Crippen LogP contribution in [0.3, 0.4) is 0 Å². The fourth-order valence-electron chi connectivity index (χ4n) is 19.4. The molecule has 2 atom stereocenters. The lowest BCUT2D eigenvalue weighted by molar-refractivity contribution is 0.363. The zero-order valence-corrected chi connectivity index (χ0v) is 67.9. The smallest absolute Gasteiger partial charge is 0.200 e. The highest BCUT2D eigenvalue weighted by atomic mass is 19.2. The molecule has 19 rings (SSSR count). The zero-order chi connectivity index (χ0) is 85.5. The third kappa shape index (κ3) is 12.1. The lowest BCUT2D eigenvalue weighted by Crippen LogP contribution is -2.33. The fraction of sp³-hybridized carbons (Fsp3) is 0.0991. The normalized spacial score (nSPS) is 15.2. The molecule has 0 spiro atoms. The molecule has 0 heterocycles. The second-order valence-electron chi connectivity index (χ2n) is 34.0. The molecule has 0 N–H and O–H groups in total. The van der Waals surface area contributed by atoms with Gasteiger partial charge in [-0.05, 0) is 217 Å². The lowest BCUT2D eigenvalue weighted by atomic mass is 9.66. The predicted molar refractivity (Wildman–Crippen MR) is 476 cm³/mol. The average Bonchev–Trinajstić information content (AvgIpc) is 1.62. The van der Waals surface area contributed by atoms with Gasteiger partial charge in [0.15, 0.2) is 46.5 Å². The maximum Gasteiger partial charge on any atom is 0.200 e. The molecule has 602 valence electrons. The molecule has 3 aliphatic carbocycles. The number of halogens is 10. The van der Waals surface area contributed by atoms with Gasteiger partial charge in [-0.2, -0.15) is 0 Å². The van der Waals surface area contributed by atoms with Crippen molar-refractivity contribution in [3.05, 3.63) is 488 Å². The molecule has 0 radical (unpaired) electrons. The molecular formula is C111H78F10N2. The highest BCUT2D eigenvalue weighted by molar-refractivity contribution is 5.96. The number of anilines is 6. The van der Waals surface area contributed by atoms with E-state index in [4.69, 9.17) is 0 Å². The van der Waals surface area contributed by atoms with Crippen LogP contribution in [0.4, 0.5) is 78.0 Å². The van der Waals surface area contributed by atoms with Crippen LogP contribution in [-0.4, -0.2) is 0 Å². The Bertz CT molecular complexity index is 6470. The summed E-state index contributed by atoms with van der Waals surface area (Å²) in [4.78, 5) is 4.11. The van der Waals surface area contributed by atoms with E-state index < -0.39 is 85.5 Å². The maximum atomic E-state index is 17.7. The number of nitrogens with zero attached hydrogens (tertiary/aromatic N) is 2. The molecule has 0 amide bonds. The Labute approximate surface area is 708 Å². The lowest BCUT2D eigenvalue weighted by Gasteiger charge is -2.37. The highest BCUT2D eigenvalue weighted by Crippen LogP contribution is 2.64. The summed E-state index contributed by atoms with van der Waals surface area (Å²) in [5, 5.41) is 0. The van der Waals surface area contributed by atoms with Gasteiger partial charge >= 0.3 is 0 Å². The number of fused-ring (bicyclic) bond motifs is 9. The molecule has 0 saturated heterocycles. The average molecular weight is 1630 g/mol. The SMILES string of the molecule is C=Cc1ccc(C2(c3c(F)c(F)c(F)c(F)c3F)c3ccccc3-c3ccc(N(c4ccc(-c5ccccc5)cc4)c4ccc5c(c4)C(c4ccc(C(C)(C)C)cc4)(c4ccc(C(C)(C)C)cc4)c4cc(N(c6ccc(-c7ccccc7)cc6)c6ccc7c(c6)C(c6ccc(C=C)cc6)(c6c(F)c(F)c(F)c(F)c6F)c6ccccc6-7)ccc4-5)cc32)cc1. The van der Waals surface area contributed by atoms with Gasteiger partial charge < -0.3 is 9.80 Å². The minimum Gasteiger partial charge on any atom is -0.310 e. The first kappa shape index (κ1) is 78.7. The van der Waals surface area contributed by atoms with Gasteiger partial charge in [0.1, 0.15) is 0 Å². The van der Waals surface area contributed by atoms with Crippen LogP contribution >= 0.6 is 0 Å². The second-order valence-corrected chi connectivity index (χ2v) is 34.0. The summed E-state index contributed by atoms with van der Waals surface area (Å²) in [5.74, 6) is -20.9. The van der Waals surface area contributed by atoms with E-state index in [2.05, 4.69) is 137 Å².